The first-order valence-corrected chi connectivity index (χ1v) is 4.56. The van der Waals surface area contributed by atoms with Gasteiger partial charge in [-0.1, -0.05) is 36.0 Å². The average Bonchev–Trinajstić information content (AvgIpc) is 2.03. The third kappa shape index (κ3) is 2.43. The van der Waals surface area contributed by atoms with Crippen LogP contribution >= 0.6 is 11.8 Å². The van der Waals surface area contributed by atoms with Crippen LogP contribution < -0.4 is 0 Å². The van der Waals surface area contributed by atoms with Crippen molar-refractivity contribution in [2.24, 2.45) is 0 Å². The molecular formula is C10H12S. The maximum atomic E-state index is 2.14. The monoisotopic (exact) mass is 164 g/mol. The van der Waals surface area contributed by atoms with E-state index in [-0.39, 0.29) is 0 Å². The number of allylic oxidation sites excluding steroid dienone is 1. The fraction of sp³-hybridized carbons (Fsp3) is 0.200. The van der Waals surface area contributed by atoms with Crippen molar-refractivity contribution in [3.8, 4) is 0 Å². The van der Waals surface area contributed by atoms with E-state index in [0.29, 0.717) is 0 Å². The number of hydrogen-bond acceptors (Lipinski definition) is 1. The minimum Gasteiger partial charge on any atom is -0.0981 e. The summed E-state index contributed by atoms with van der Waals surface area (Å²) in [7, 11) is 0. The van der Waals surface area contributed by atoms with Crippen LogP contribution in [-0.2, 0) is 0 Å². The summed E-state index contributed by atoms with van der Waals surface area (Å²) in [4.78, 5) is 1.34. The minimum atomic E-state index is 1.34. The summed E-state index contributed by atoms with van der Waals surface area (Å²) in [6.07, 6.45) is 2.05. The summed E-state index contributed by atoms with van der Waals surface area (Å²) in [6, 6.07) is 8.40. The van der Waals surface area contributed by atoms with E-state index in [2.05, 4.69) is 42.7 Å². The number of rotatable bonds is 2. The highest BCUT2D eigenvalue weighted by Crippen LogP contribution is 2.22. The average molecular weight is 164 g/mol. The van der Waals surface area contributed by atoms with Gasteiger partial charge >= 0.3 is 0 Å². The van der Waals surface area contributed by atoms with Crippen LogP contribution in [0.4, 0.5) is 0 Å². The van der Waals surface area contributed by atoms with Crippen LogP contribution in [-0.4, -0.2) is 0 Å². The van der Waals surface area contributed by atoms with E-state index in [1.807, 2.05) is 6.92 Å². The van der Waals surface area contributed by atoms with Gasteiger partial charge in [-0.3, -0.25) is 0 Å². The van der Waals surface area contributed by atoms with E-state index >= 15 is 0 Å². The van der Waals surface area contributed by atoms with Gasteiger partial charge in [-0.15, -0.1) is 0 Å². The van der Waals surface area contributed by atoms with Gasteiger partial charge in [0.1, 0.15) is 0 Å². The smallest absolute Gasteiger partial charge is 0.0145 e. The van der Waals surface area contributed by atoms with Gasteiger partial charge < -0.3 is 0 Å². The minimum absolute atomic E-state index is 1.34. The number of aryl methyl sites for hydroxylation is 1. The van der Waals surface area contributed by atoms with Crippen LogP contribution in [0.1, 0.15) is 12.5 Å². The molecule has 1 aromatic rings. The predicted octanol–water partition coefficient (Wildman–Crippen LogP) is 3.62. The van der Waals surface area contributed by atoms with E-state index in [0.717, 1.165) is 0 Å². The lowest BCUT2D eigenvalue weighted by atomic mass is 10.2. The molecule has 0 saturated heterocycles. The summed E-state index contributed by atoms with van der Waals surface area (Å²) >= 11 is 1.77. The van der Waals surface area contributed by atoms with Gasteiger partial charge in [0.15, 0.2) is 0 Å². The molecule has 0 fully saturated rings. The zero-order valence-electron chi connectivity index (χ0n) is 6.87. The van der Waals surface area contributed by atoms with Gasteiger partial charge in [0.25, 0.3) is 0 Å². The molecule has 1 aromatic carbocycles. The second kappa shape index (κ2) is 4.24. The summed E-state index contributed by atoms with van der Waals surface area (Å²) < 4.78 is 0. The zero-order chi connectivity index (χ0) is 8.10. The van der Waals surface area contributed by atoms with Crippen molar-refractivity contribution in [3.63, 3.8) is 0 Å². The number of hydrogen-bond donors (Lipinski definition) is 0. The molecule has 0 aliphatic rings. The fourth-order valence-corrected chi connectivity index (χ4v) is 1.52. The normalized spacial score (nSPS) is 10.7. The van der Waals surface area contributed by atoms with Crippen molar-refractivity contribution >= 4 is 11.8 Å². The Balaban J connectivity index is 2.77. The molecule has 0 spiro atoms. The lowest BCUT2D eigenvalue weighted by molar-refractivity contribution is 1.31. The highest BCUT2D eigenvalue weighted by molar-refractivity contribution is 8.02. The molecule has 0 saturated carbocycles. The Morgan fingerprint density at radius 2 is 2.00 bits per heavy atom. The molecule has 0 unspecified atom stereocenters. The van der Waals surface area contributed by atoms with Crippen molar-refractivity contribution in [1.82, 2.24) is 0 Å². The van der Waals surface area contributed by atoms with Gasteiger partial charge in [-0.2, -0.15) is 0 Å². The maximum absolute atomic E-state index is 2.14. The van der Waals surface area contributed by atoms with Crippen LogP contribution in [0, 0.1) is 6.92 Å². The number of benzene rings is 1. The Bertz CT molecular complexity index is 251. The summed E-state index contributed by atoms with van der Waals surface area (Å²) in [5.41, 5.74) is 1.34. The Labute approximate surface area is 72.3 Å². The molecule has 0 aliphatic heterocycles. The van der Waals surface area contributed by atoms with Crippen LogP contribution in [0.15, 0.2) is 40.6 Å². The molecular weight excluding hydrogens is 152 g/mol. The zero-order valence-corrected chi connectivity index (χ0v) is 7.69. The van der Waals surface area contributed by atoms with E-state index in [9.17, 15) is 0 Å². The fourth-order valence-electron chi connectivity index (χ4n) is 0.830. The second-order valence-electron chi connectivity index (χ2n) is 2.35. The molecule has 58 valence electrons. The van der Waals surface area contributed by atoms with E-state index < -0.39 is 0 Å². The van der Waals surface area contributed by atoms with Gasteiger partial charge in [0, 0.05) is 4.90 Å². The Hall–Kier alpha value is -0.690. The van der Waals surface area contributed by atoms with Crippen LogP contribution in [0.2, 0.25) is 0 Å². The Kier molecular flexibility index (Phi) is 3.24. The molecule has 0 nitrogen and oxygen atoms in total. The van der Waals surface area contributed by atoms with E-state index in [4.69, 9.17) is 0 Å². The molecule has 1 heteroatoms. The summed E-state index contributed by atoms with van der Waals surface area (Å²) in [5.74, 6) is 0. The molecule has 0 aromatic heterocycles. The number of thioether (sulfide) groups is 1. The first-order chi connectivity index (χ1) is 5.34. The molecule has 1 rings (SSSR count). The van der Waals surface area contributed by atoms with Gasteiger partial charge in [0.05, 0.1) is 0 Å². The van der Waals surface area contributed by atoms with E-state index in [1.54, 1.807) is 11.8 Å². The Morgan fingerprint density at radius 3 is 2.64 bits per heavy atom. The van der Waals surface area contributed by atoms with Gasteiger partial charge in [0.2, 0.25) is 0 Å². The second-order valence-corrected chi connectivity index (χ2v) is 3.30. The van der Waals surface area contributed by atoms with Crippen molar-refractivity contribution < 1.29 is 0 Å². The van der Waals surface area contributed by atoms with Crippen LogP contribution in [0.5, 0.6) is 0 Å². The highest BCUT2D eigenvalue weighted by atomic mass is 32.2. The molecule has 0 atom stereocenters. The lowest BCUT2D eigenvalue weighted by Crippen LogP contribution is -1.74. The van der Waals surface area contributed by atoms with E-state index in [1.165, 1.54) is 10.5 Å². The van der Waals surface area contributed by atoms with Crippen molar-refractivity contribution in [1.29, 1.82) is 0 Å². The summed E-state index contributed by atoms with van der Waals surface area (Å²) in [6.45, 7) is 4.16. The molecule has 0 aliphatic carbocycles. The third-order valence-electron chi connectivity index (χ3n) is 1.42. The SMILES string of the molecule is C/C=C/Sc1ccccc1C. The standard InChI is InChI=1S/C10H12S/c1-3-8-11-10-7-5-4-6-9(10)2/h3-8H,1-2H3/b8-3+. The molecule has 0 heterocycles. The van der Waals surface area contributed by atoms with Crippen molar-refractivity contribution in [2.45, 2.75) is 18.7 Å². The van der Waals surface area contributed by atoms with Gasteiger partial charge in [-0.25, -0.2) is 0 Å². The molecule has 0 amide bonds. The maximum Gasteiger partial charge on any atom is 0.0145 e. The van der Waals surface area contributed by atoms with Crippen molar-refractivity contribution in [2.75, 3.05) is 0 Å². The predicted molar refractivity (Wildman–Crippen MR) is 51.9 cm³/mol. The molecule has 0 bridgehead atoms. The first-order valence-electron chi connectivity index (χ1n) is 3.68. The lowest BCUT2D eigenvalue weighted by Gasteiger charge is -1.99. The summed E-state index contributed by atoms with van der Waals surface area (Å²) in [5, 5.41) is 2.10. The third-order valence-corrected chi connectivity index (χ3v) is 2.54. The van der Waals surface area contributed by atoms with Crippen molar-refractivity contribution in [3.05, 3.63) is 41.3 Å². The Morgan fingerprint density at radius 1 is 1.27 bits per heavy atom. The largest absolute Gasteiger partial charge is 0.0981 e. The topological polar surface area (TPSA) is 0 Å². The quantitative estimate of drug-likeness (QED) is 0.601. The molecule has 11 heavy (non-hydrogen) atoms. The van der Waals surface area contributed by atoms with Crippen LogP contribution in [0.25, 0.3) is 0 Å². The first kappa shape index (κ1) is 8.41. The molecule has 0 radical (unpaired) electrons. The van der Waals surface area contributed by atoms with Crippen LogP contribution in [0.3, 0.4) is 0 Å². The molecule has 0 N–H and O–H groups in total. The van der Waals surface area contributed by atoms with Gasteiger partial charge in [-0.05, 0) is 30.9 Å². The highest BCUT2D eigenvalue weighted by Gasteiger charge is 1.92.